The number of nitrogens with zero attached hydrogens (tertiary/aromatic N) is 4. The second-order valence-corrected chi connectivity index (χ2v) is 41.2. The Hall–Kier alpha value is -3.81. The zero-order valence-corrected chi connectivity index (χ0v) is 82.3. The predicted molar refractivity (Wildman–Crippen MR) is 478 cm³/mol. The van der Waals surface area contributed by atoms with Crippen molar-refractivity contribution in [2.24, 2.45) is 40.9 Å². The number of aliphatic hydroxyl groups excluding tert-OH is 5. The first-order chi connectivity index (χ1) is 57.7. The van der Waals surface area contributed by atoms with Gasteiger partial charge in [-0.25, -0.2) is 4.79 Å². The van der Waals surface area contributed by atoms with Gasteiger partial charge in [0.2, 0.25) is 0 Å². The van der Waals surface area contributed by atoms with Crippen molar-refractivity contribution in [3.63, 3.8) is 0 Å². The van der Waals surface area contributed by atoms with Crippen LogP contribution < -0.4 is 0 Å². The van der Waals surface area contributed by atoms with Gasteiger partial charge in [-0.05, 0) is 246 Å². The Labute approximate surface area is 749 Å². The first-order valence-corrected chi connectivity index (χ1v) is 46.1. The molecule has 0 radical (unpaired) electrons. The Kier molecular flexibility index (Phi) is 40.2. The summed E-state index contributed by atoms with van der Waals surface area (Å²) in [7, 11) is 14.3. The minimum atomic E-state index is -1.84. The number of likely N-dealkylation sites (N-methyl/N-ethyl adjacent to an activating group) is 4. The normalized spacial score (nSPS) is 44.9. The van der Waals surface area contributed by atoms with E-state index in [1.165, 1.54) is 58.1 Å². The predicted octanol–water partition coefficient (Wildman–Crippen LogP) is 9.88. The molecule has 29 heteroatoms. The number of carbonyl (C=O) groups is 3. The van der Waals surface area contributed by atoms with Gasteiger partial charge in [0, 0.05) is 76.2 Å². The van der Waals surface area contributed by atoms with Crippen LogP contribution in [0.1, 0.15) is 244 Å². The second kappa shape index (κ2) is 45.7. The Bertz CT molecular complexity index is 3570. The molecule has 6 aliphatic heterocycles. The molecule has 36 atom stereocenters. The van der Waals surface area contributed by atoms with Gasteiger partial charge in [-0.1, -0.05) is 96.9 Å². The summed E-state index contributed by atoms with van der Waals surface area (Å²) < 4.78 is 82.7. The fourth-order valence-corrected chi connectivity index (χ4v) is 20.6. The van der Waals surface area contributed by atoms with Gasteiger partial charge in [0.1, 0.15) is 53.9 Å². The van der Waals surface area contributed by atoms with E-state index in [-0.39, 0.29) is 80.1 Å². The van der Waals surface area contributed by atoms with Gasteiger partial charge in [0.15, 0.2) is 31.3 Å². The number of allylic oxidation sites excluding steroid dienone is 9. The van der Waals surface area contributed by atoms with Crippen LogP contribution in [0.4, 0.5) is 0 Å². The van der Waals surface area contributed by atoms with E-state index >= 15 is 0 Å². The number of hydrogen-bond donors (Lipinski definition) is 9. The molecule has 0 saturated carbocycles. The highest BCUT2D eigenvalue weighted by atomic mass is 16.7. The molecular formula is C96H170N4O25. The van der Waals surface area contributed by atoms with Crippen molar-refractivity contribution in [2.75, 3.05) is 69.6 Å². The van der Waals surface area contributed by atoms with Gasteiger partial charge < -0.3 is 127 Å². The molecule has 7 aliphatic rings. The molecule has 125 heavy (non-hydrogen) atoms. The van der Waals surface area contributed by atoms with E-state index in [0.29, 0.717) is 31.5 Å². The lowest BCUT2D eigenvalue weighted by Crippen LogP contribution is -2.61. The Morgan fingerprint density at radius 3 is 1.35 bits per heavy atom. The van der Waals surface area contributed by atoms with Gasteiger partial charge >= 0.3 is 17.9 Å². The fourth-order valence-electron chi connectivity index (χ4n) is 20.6. The molecule has 0 aromatic rings. The average molecular weight is 1780 g/mol. The molecule has 0 amide bonds. The molecule has 6 heterocycles. The number of aliphatic hydroxyl groups is 9. The zero-order chi connectivity index (χ0) is 94.8. The van der Waals surface area contributed by atoms with E-state index in [9.17, 15) is 60.3 Å². The topological polar surface area (TPSA) is 366 Å². The molecule has 0 unspecified atom stereocenters. The van der Waals surface area contributed by atoms with E-state index in [1.807, 2.05) is 129 Å². The number of ether oxygens (including phenoxy) is 13. The minimum Gasteiger partial charge on any atom is -0.459 e. The molecule has 6 saturated heterocycles. The van der Waals surface area contributed by atoms with Crippen molar-refractivity contribution in [2.45, 2.75) is 424 Å². The summed E-state index contributed by atoms with van der Waals surface area (Å²) in [6.07, 6.45) is -1.93. The largest absolute Gasteiger partial charge is 0.459 e. The van der Waals surface area contributed by atoms with E-state index < -0.39 is 198 Å². The third-order valence-electron chi connectivity index (χ3n) is 28.8. The summed E-state index contributed by atoms with van der Waals surface area (Å²) in [6, 6.07) is -1.74. The van der Waals surface area contributed by atoms with E-state index in [4.69, 9.17) is 61.6 Å². The number of hydrogen-bond acceptors (Lipinski definition) is 29. The Balaban J connectivity index is 0.000000409. The van der Waals surface area contributed by atoms with Gasteiger partial charge in [0.25, 0.3) is 0 Å². The van der Waals surface area contributed by atoms with Crippen LogP contribution in [0.2, 0.25) is 0 Å². The highest BCUT2D eigenvalue weighted by molar-refractivity contribution is 5.83. The Morgan fingerprint density at radius 2 is 0.952 bits per heavy atom. The van der Waals surface area contributed by atoms with Gasteiger partial charge in [-0.15, -0.1) is 0 Å². The molecule has 6 fully saturated rings. The summed E-state index contributed by atoms with van der Waals surface area (Å²) in [6.45, 7) is 46.8. The zero-order valence-electron chi connectivity index (χ0n) is 82.3. The molecule has 1 aliphatic carbocycles. The smallest absolute Gasteiger partial charge is 0.331 e. The van der Waals surface area contributed by atoms with Crippen LogP contribution in [-0.2, 0) is 76.0 Å². The third-order valence-corrected chi connectivity index (χ3v) is 28.8. The quantitative estimate of drug-likeness (QED) is 0.0237. The first-order valence-electron chi connectivity index (χ1n) is 46.1. The van der Waals surface area contributed by atoms with Crippen molar-refractivity contribution < 1.29 is 122 Å². The number of carbonyl (C=O) groups excluding carboxylic acids is 3. The molecule has 0 aromatic heterocycles. The molecule has 0 bridgehead atoms. The SMILES string of the molecule is CC[C@H]1OC(=O)[C@H](C)[C@@H](O[C@H]2C[C@@](C)(OC)[C@@H](O)[C@H](C)O2)[C@H](C)[C@@H](O[C@@H]2O[C@H](C)C[C@H](N(C)C)[C@H]2O)[C@](C)(O)C[C@@H](C)CN(C)[C@H](C)[C@@H](O)[C@]1(C)O.CC[C@H]1OC(=O)[C@H](C)[C@@H](O[C@H]2C[C@@](C)(OC)[C@@H](O)[C@H](C)O2)[C@H](C)[C@@H](O[C@@H]2O[C@H](C)C[C@H](N(C)C)[C@H]2OC(=O)/C=C(C)/C=C/C=C(C)/C=C/C2=C(C)CCCC2(C)C)[C@](C)(O)C[C@@H](C)CN(C)[C@H](C)[C@@H](O)[C@]1(C)O. The lowest BCUT2D eigenvalue weighted by atomic mass is 9.72. The van der Waals surface area contributed by atoms with Crippen LogP contribution in [0.5, 0.6) is 0 Å². The van der Waals surface area contributed by atoms with Crippen molar-refractivity contribution in [1.29, 1.82) is 0 Å². The van der Waals surface area contributed by atoms with Crippen molar-refractivity contribution in [3.05, 3.63) is 58.7 Å². The lowest BCUT2D eigenvalue weighted by Gasteiger charge is -2.49. The van der Waals surface area contributed by atoms with Crippen LogP contribution in [0.15, 0.2) is 58.7 Å². The van der Waals surface area contributed by atoms with Gasteiger partial charge in [-0.3, -0.25) is 9.59 Å². The number of esters is 3. The van der Waals surface area contributed by atoms with Crippen molar-refractivity contribution in [1.82, 2.24) is 19.6 Å². The number of methoxy groups -OCH3 is 2. The lowest BCUT2D eigenvalue weighted by molar-refractivity contribution is -0.318. The summed E-state index contributed by atoms with van der Waals surface area (Å²) in [5.74, 6) is -6.00. The minimum absolute atomic E-state index is 0.0964. The van der Waals surface area contributed by atoms with Crippen LogP contribution in [-0.4, -0.2) is 334 Å². The summed E-state index contributed by atoms with van der Waals surface area (Å²) >= 11 is 0. The second-order valence-electron chi connectivity index (χ2n) is 41.2. The van der Waals surface area contributed by atoms with E-state index in [2.05, 4.69) is 39.8 Å². The summed E-state index contributed by atoms with van der Waals surface area (Å²) in [5, 5.41) is 106. The van der Waals surface area contributed by atoms with Crippen LogP contribution in [0.25, 0.3) is 0 Å². The highest BCUT2D eigenvalue weighted by Crippen LogP contribution is 2.46. The summed E-state index contributed by atoms with van der Waals surface area (Å²) in [4.78, 5) is 50.6. The molecule has 9 N–H and O–H groups in total. The number of rotatable bonds is 20. The maximum absolute atomic E-state index is 14.6. The third kappa shape index (κ3) is 27.7. The van der Waals surface area contributed by atoms with Gasteiger partial charge in [-0.2, -0.15) is 0 Å². The molecule has 7 rings (SSSR count). The highest BCUT2D eigenvalue weighted by Gasteiger charge is 2.57. The monoisotopic (exact) mass is 1780 g/mol. The molecule has 0 spiro atoms. The van der Waals surface area contributed by atoms with Crippen LogP contribution in [0, 0.1) is 40.9 Å². The van der Waals surface area contributed by atoms with Crippen molar-refractivity contribution >= 4 is 17.9 Å². The van der Waals surface area contributed by atoms with Gasteiger partial charge in [0.05, 0.1) is 89.1 Å². The van der Waals surface area contributed by atoms with E-state index in [0.717, 1.165) is 12.0 Å². The van der Waals surface area contributed by atoms with E-state index in [1.54, 1.807) is 83.1 Å². The van der Waals surface area contributed by atoms with Crippen LogP contribution in [0.3, 0.4) is 0 Å². The van der Waals surface area contributed by atoms with Crippen LogP contribution >= 0.6 is 0 Å². The standard InChI is InChI=1S/C58H98N2O13.C38H72N2O12/c1-20-45-58(15,66)50(62)41(9)60(18)33-36(4)31-56(13,65)52(39(7)48(40(8)53(64)70-45)72-47-32-57(14,67-19)51(63)42(10)69-47)73-54-49(44(59(16)17)30-38(6)68-54)71-46(61)29-35(3)24-21-23-34(2)26-27-43-37(5)25-22-28-55(43,11)12;1-15-27-38(10,46)31(42)24(6)40(13)19-20(2)17-36(8,45)33(52-35-29(41)26(39(11)12)16-21(3)48-35)22(4)30(23(5)34(44)50-27)51-28-18-37(9,47-14)32(43)25(7)49-28/h21,23-24,26-27,29,36,38-42,44-45,47-52,54,62-63,65-66H,20,22,25,28,30-33H2,1-19H3;20-33,35,41-43,45-46H,15-19H2,1-14H3/b24-21+,27-26+,34-23+,35-29+;/t36-,38-,39+,40-,41-,42+,44+,45-,47+,48+,49-,50-,51+,52-,54+,56-,57-,58-;20-,21-,22+,23-,24-,25+,26+,27-,28+,29-,30+,31-,32+,33-,35+,36-,37-,38-/m11/s1. The average Bonchev–Trinajstić information content (AvgIpc) is 1.76. The fraction of sp³-hybridized carbons (Fsp3) is 0.865. The van der Waals surface area contributed by atoms with Crippen molar-refractivity contribution in [3.8, 4) is 0 Å². The molecule has 724 valence electrons. The maximum Gasteiger partial charge on any atom is 0.331 e. The first kappa shape index (κ1) is 110. The maximum atomic E-state index is 14.6. The summed E-state index contributed by atoms with van der Waals surface area (Å²) in [5.41, 5.74) is -4.21. The molecular weight excluding hydrogens is 1610 g/mol. The number of cyclic esters (lactones) is 2. The molecule has 29 nitrogen and oxygen atoms in total. The Morgan fingerprint density at radius 1 is 0.544 bits per heavy atom. The molecule has 0 aromatic carbocycles.